The number of imidazole rings is 1. The number of fused-ring (bicyclic) bond motifs is 2. The Morgan fingerprint density at radius 2 is 2.17 bits per heavy atom. The van der Waals surface area contributed by atoms with Gasteiger partial charge in [-0.2, -0.15) is 0 Å². The zero-order valence-electron chi connectivity index (χ0n) is 13.1. The van der Waals surface area contributed by atoms with E-state index in [1.807, 2.05) is 41.9 Å². The molecule has 120 valence electrons. The number of para-hydroxylation sites is 1. The molecule has 0 bridgehead atoms. The van der Waals surface area contributed by atoms with E-state index in [0.717, 1.165) is 22.2 Å². The SMILES string of the molecule is Cn1c(CNC(=O)Cc2noc3ccccc23)nc2ccncc21. The minimum absolute atomic E-state index is 0.126. The monoisotopic (exact) mass is 321 g/mol. The van der Waals surface area contributed by atoms with Crippen LogP contribution in [0.15, 0.2) is 47.2 Å². The number of hydrogen-bond acceptors (Lipinski definition) is 5. The second-order valence-corrected chi connectivity index (χ2v) is 5.53. The standard InChI is InChI=1S/C17H15N5O2/c1-22-14-9-18-7-6-12(14)20-16(22)10-19-17(23)8-13-11-4-2-3-5-15(11)24-21-13/h2-7,9H,8,10H2,1H3,(H,19,23). The normalized spacial score (nSPS) is 11.2. The number of pyridine rings is 1. The van der Waals surface area contributed by atoms with Gasteiger partial charge in [-0.1, -0.05) is 17.3 Å². The lowest BCUT2D eigenvalue weighted by atomic mass is 10.1. The summed E-state index contributed by atoms with van der Waals surface area (Å²) in [5, 5.41) is 7.72. The maximum absolute atomic E-state index is 12.2. The fraction of sp³-hybridized carbons (Fsp3) is 0.176. The summed E-state index contributed by atoms with van der Waals surface area (Å²) in [4.78, 5) is 20.8. The van der Waals surface area contributed by atoms with Crippen molar-refractivity contribution in [3.8, 4) is 0 Å². The predicted octanol–water partition coefficient (Wildman–Crippen LogP) is 1.97. The topological polar surface area (TPSA) is 85.8 Å². The van der Waals surface area contributed by atoms with Crippen LogP contribution in [0.5, 0.6) is 0 Å². The van der Waals surface area contributed by atoms with Crippen molar-refractivity contribution in [1.29, 1.82) is 0 Å². The number of aryl methyl sites for hydroxylation is 1. The molecule has 0 saturated carbocycles. The number of rotatable bonds is 4. The van der Waals surface area contributed by atoms with Gasteiger partial charge in [-0.25, -0.2) is 4.98 Å². The van der Waals surface area contributed by atoms with Crippen LogP contribution in [0.2, 0.25) is 0 Å². The van der Waals surface area contributed by atoms with Gasteiger partial charge in [-0.05, 0) is 18.2 Å². The van der Waals surface area contributed by atoms with Gasteiger partial charge in [0, 0.05) is 18.6 Å². The van der Waals surface area contributed by atoms with Gasteiger partial charge in [0.05, 0.1) is 30.2 Å². The lowest BCUT2D eigenvalue weighted by Crippen LogP contribution is -2.26. The van der Waals surface area contributed by atoms with Crippen molar-refractivity contribution in [2.24, 2.45) is 7.05 Å². The summed E-state index contributed by atoms with van der Waals surface area (Å²) in [5.41, 5.74) is 3.11. The minimum Gasteiger partial charge on any atom is -0.356 e. The van der Waals surface area contributed by atoms with Gasteiger partial charge in [0.1, 0.15) is 11.5 Å². The molecule has 1 aromatic carbocycles. The highest BCUT2D eigenvalue weighted by atomic mass is 16.5. The molecule has 1 amide bonds. The third-order valence-electron chi connectivity index (χ3n) is 4.00. The van der Waals surface area contributed by atoms with Crippen LogP contribution in [0.4, 0.5) is 0 Å². The van der Waals surface area contributed by atoms with Gasteiger partial charge in [0.15, 0.2) is 5.58 Å². The maximum atomic E-state index is 12.2. The largest absolute Gasteiger partial charge is 0.356 e. The molecule has 0 radical (unpaired) electrons. The molecular formula is C17H15N5O2. The summed E-state index contributed by atoms with van der Waals surface area (Å²) < 4.78 is 7.14. The first-order chi connectivity index (χ1) is 11.7. The van der Waals surface area contributed by atoms with Crippen LogP contribution in [0.25, 0.3) is 22.0 Å². The van der Waals surface area contributed by atoms with E-state index in [1.54, 1.807) is 12.4 Å². The zero-order valence-corrected chi connectivity index (χ0v) is 13.1. The van der Waals surface area contributed by atoms with Crippen LogP contribution in [-0.2, 0) is 24.8 Å². The van der Waals surface area contributed by atoms with E-state index in [1.165, 1.54) is 0 Å². The predicted molar refractivity (Wildman–Crippen MR) is 88.1 cm³/mol. The Balaban J connectivity index is 1.47. The maximum Gasteiger partial charge on any atom is 0.226 e. The Hall–Kier alpha value is -3.22. The fourth-order valence-electron chi connectivity index (χ4n) is 2.70. The highest BCUT2D eigenvalue weighted by Crippen LogP contribution is 2.18. The number of benzene rings is 1. The van der Waals surface area contributed by atoms with Crippen LogP contribution >= 0.6 is 0 Å². The molecule has 7 heteroatoms. The third kappa shape index (κ3) is 2.50. The van der Waals surface area contributed by atoms with Crippen LogP contribution in [-0.4, -0.2) is 25.6 Å². The number of hydrogen-bond donors (Lipinski definition) is 1. The summed E-state index contributed by atoms with van der Waals surface area (Å²) in [5.74, 6) is 0.649. The molecule has 3 heterocycles. The number of amides is 1. The minimum atomic E-state index is -0.126. The first-order valence-electron chi connectivity index (χ1n) is 7.57. The molecule has 7 nitrogen and oxygen atoms in total. The Morgan fingerprint density at radius 1 is 1.29 bits per heavy atom. The summed E-state index contributed by atoms with van der Waals surface area (Å²) in [6.45, 7) is 0.347. The van der Waals surface area contributed by atoms with Crippen LogP contribution < -0.4 is 5.32 Å². The highest BCUT2D eigenvalue weighted by Gasteiger charge is 2.13. The summed E-state index contributed by atoms with van der Waals surface area (Å²) in [7, 11) is 1.91. The summed E-state index contributed by atoms with van der Waals surface area (Å²) in [6.07, 6.45) is 3.63. The summed E-state index contributed by atoms with van der Waals surface area (Å²) in [6, 6.07) is 9.35. The molecule has 0 fully saturated rings. The van der Waals surface area contributed by atoms with Gasteiger partial charge in [-0.3, -0.25) is 9.78 Å². The van der Waals surface area contributed by atoms with Crippen LogP contribution in [0.1, 0.15) is 11.5 Å². The van der Waals surface area contributed by atoms with Gasteiger partial charge >= 0.3 is 0 Å². The number of nitrogens with one attached hydrogen (secondary N) is 1. The van der Waals surface area contributed by atoms with E-state index in [2.05, 4.69) is 20.4 Å². The Labute approximate surface area is 137 Å². The Kier molecular flexibility index (Phi) is 3.45. The van der Waals surface area contributed by atoms with E-state index in [0.29, 0.717) is 17.8 Å². The molecule has 3 aromatic heterocycles. The van der Waals surface area contributed by atoms with Crippen molar-refractivity contribution in [2.45, 2.75) is 13.0 Å². The molecule has 0 aliphatic rings. The Morgan fingerprint density at radius 3 is 3.04 bits per heavy atom. The lowest BCUT2D eigenvalue weighted by Gasteiger charge is -2.04. The van der Waals surface area contributed by atoms with E-state index in [-0.39, 0.29) is 12.3 Å². The van der Waals surface area contributed by atoms with E-state index < -0.39 is 0 Å². The van der Waals surface area contributed by atoms with Crippen LogP contribution in [0.3, 0.4) is 0 Å². The lowest BCUT2D eigenvalue weighted by molar-refractivity contribution is -0.120. The van der Waals surface area contributed by atoms with E-state index in [4.69, 9.17) is 4.52 Å². The van der Waals surface area contributed by atoms with Gasteiger partial charge in [-0.15, -0.1) is 0 Å². The number of carbonyl (C=O) groups excluding carboxylic acids is 1. The zero-order chi connectivity index (χ0) is 16.5. The molecule has 4 aromatic rings. The number of carbonyl (C=O) groups is 1. The van der Waals surface area contributed by atoms with Crippen molar-refractivity contribution in [3.63, 3.8) is 0 Å². The van der Waals surface area contributed by atoms with Crippen molar-refractivity contribution in [3.05, 3.63) is 54.2 Å². The third-order valence-corrected chi connectivity index (χ3v) is 4.00. The van der Waals surface area contributed by atoms with Crippen LogP contribution in [0, 0.1) is 0 Å². The molecule has 0 atom stereocenters. The van der Waals surface area contributed by atoms with Gasteiger partial charge in [0.25, 0.3) is 0 Å². The molecule has 24 heavy (non-hydrogen) atoms. The molecule has 4 rings (SSSR count). The second-order valence-electron chi connectivity index (χ2n) is 5.53. The fourth-order valence-corrected chi connectivity index (χ4v) is 2.70. The number of nitrogens with zero attached hydrogens (tertiary/aromatic N) is 4. The smallest absolute Gasteiger partial charge is 0.226 e. The number of aromatic nitrogens is 4. The first-order valence-corrected chi connectivity index (χ1v) is 7.57. The molecule has 1 N–H and O–H groups in total. The van der Waals surface area contributed by atoms with E-state index in [9.17, 15) is 4.79 Å². The second kappa shape index (κ2) is 5.77. The van der Waals surface area contributed by atoms with Crippen molar-refractivity contribution in [1.82, 2.24) is 25.0 Å². The molecule has 0 saturated heterocycles. The average molecular weight is 321 g/mol. The molecule has 0 aliphatic heterocycles. The van der Waals surface area contributed by atoms with Crippen molar-refractivity contribution >= 4 is 27.9 Å². The van der Waals surface area contributed by atoms with Crippen molar-refractivity contribution < 1.29 is 9.32 Å². The quantitative estimate of drug-likeness (QED) is 0.621. The highest BCUT2D eigenvalue weighted by molar-refractivity contribution is 5.86. The van der Waals surface area contributed by atoms with Gasteiger partial charge in [0.2, 0.25) is 5.91 Å². The molecular weight excluding hydrogens is 306 g/mol. The Bertz CT molecular complexity index is 1030. The molecule has 0 spiro atoms. The summed E-state index contributed by atoms with van der Waals surface area (Å²) >= 11 is 0. The average Bonchev–Trinajstić information content (AvgIpc) is 3.15. The molecule has 0 unspecified atom stereocenters. The van der Waals surface area contributed by atoms with Crippen molar-refractivity contribution in [2.75, 3.05) is 0 Å². The molecule has 0 aliphatic carbocycles. The van der Waals surface area contributed by atoms with Gasteiger partial charge < -0.3 is 14.4 Å². The van der Waals surface area contributed by atoms with E-state index >= 15 is 0 Å². The first kappa shape index (κ1) is 14.4.